The van der Waals surface area contributed by atoms with Crippen LogP contribution in [0.2, 0.25) is 5.02 Å². The quantitative estimate of drug-likeness (QED) is 0.497. The molecule has 1 atom stereocenters. The standard InChI is InChI=1S/C26H31ClN4O6S.H2S/c27-18-6-7-20(31-16-25(17-31)9-1-2-13-36-25)21(14-18)37-26(10-11-26)24(33)29-38(34,35)23-5-3-4-22(28-23)30-12-8-19(32)15-30;/h3-7,14,19,32H,1-2,8-13,15-17H2,(H,29,33);1H2/t19-;/m0./s1. The lowest BCUT2D eigenvalue weighted by molar-refractivity contribution is -0.128. The van der Waals surface area contributed by atoms with E-state index in [1.54, 1.807) is 24.3 Å². The van der Waals surface area contributed by atoms with E-state index in [2.05, 4.69) is 14.6 Å². The van der Waals surface area contributed by atoms with Crippen molar-refractivity contribution >= 4 is 52.5 Å². The van der Waals surface area contributed by atoms with Gasteiger partial charge in [-0.05, 0) is 49.9 Å². The predicted molar refractivity (Wildman–Crippen MR) is 152 cm³/mol. The summed E-state index contributed by atoms with van der Waals surface area (Å²) in [5.74, 6) is 0.149. The van der Waals surface area contributed by atoms with Crippen molar-refractivity contribution in [3.05, 3.63) is 41.4 Å². The van der Waals surface area contributed by atoms with Crippen molar-refractivity contribution in [2.24, 2.45) is 0 Å². The molecule has 1 aliphatic carbocycles. The fourth-order valence-electron chi connectivity index (χ4n) is 5.46. The van der Waals surface area contributed by atoms with E-state index < -0.39 is 27.6 Å². The van der Waals surface area contributed by atoms with Crippen LogP contribution in [-0.2, 0) is 19.6 Å². The molecule has 0 unspecified atom stereocenters. The van der Waals surface area contributed by atoms with Crippen molar-refractivity contribution in [1.82, 2.24) is 9.71 Å². The molecule has 3 aliphatic heterocycles. The maximum atomic E-state index is 13.2. The first kappa shape index (κ1) is 28.3. The summed E-state index contributed by atoms with van der Waals surface area (Å²) in [6.45, 7) is 3.19. The number of pyridine rings is 1. The molecule has 1 spiro atoms. The van der Waals surface area contributed by atoms with Gasteiger partial charge in [0.1, 0.15) is 17.2 Å². The second-order valence-electron chi connectivity index (χ2n) is 10.7. The minimum Gasteiger partial charge on any atom is -0.475 e. The molecule has 0 bridgehead atoms. The Bertz CT molecular complexity index is 1340. The average molecular weight is 597 g/mol. The third kappa shape index (κ3) is 5.67. The van der Waals surface area contributed by atoms with E-state index in [1.165, 1.54) is 6.07 Å². The van der Waals surface area contributed by atoms with E-state index >= 15 is 0 Å². The van der Waals surface area contributed by atoms with Crippen LogP contribution in [0.1, 0.15) is 38.5 Å². The van der Waals surface area contributed by atoms with Crippen LogP contribution in [0.4, 0.5) is 11.5 Å². The molecule has 1 aromatic heterocycles. The largest absolute Gasteiger partial charge is 0.475 e. The molecule has 212 valence electrons. The van der Waals surface area contributed by atoms with Crippen LogP contribution in [0.25, 0.3) is 0 Å². The van der Waals surface area contributed by atoms with E-state index in [0.29, 0.717) is 48.9 Å². The van der Waals surface area contributed by atoms with Gasteiger partial charge in [0.25, 0.3) is 15.9 Å². The van der Waals surface area contributed by atoms with Crippen LogP contribution < -0.4 is 19.3 Å². The number of hydrogen-bond acceptors (Lipinski definition) is 9. The molecule has 4 aliphatic rings. The van der Waals surface area contributed by atoms with E-state index in [-0.39, 0.29) is 24.1 Å². The zero-order chi connectivity index (χ0) is 26.5. The van der Waals surface area contributed by atoms with Gasteiger partial charge in [-0.2, -0.15) is 21.9 Å². The minimum absolute atomic E-state index is 0. The number of ether oxygens (including phenoxy) is 2. The lowest BCUT2D eigenvalue weighted by Crippen LogP contribution is -2.64. The SMILES string of the molecule is O=C(NS(=O)(=O)c1cccc(N2CC[C@H](O)C2)n1)C1(Oc2cc(Cl)ccc2N2CC3(CCCCO3)C2)CC1.S. The summed E-state index contributed by atoms with van der Waals surface area (Å²) in [6.07, 6.45) is 4.12. The van der Waals surface area contributed by atoms with Crippen LogP contribution >= 0.6 is 25.1 Å². The number of anilines is 2. The first-order chi connectivity index (χ1) is 18.2. The molecule has 1 saturated carbocycles. The van der Waals surface area contributed by atoms with Crippen molar-refractivity contribution in [2.75, 3.05) is 42.6 Å². The van der Waals surface area contributed by atoms with E-state index in [1.807, 2.05) is 11.0 Å². The van der Waals surface area contributed by atoms with Crippen molar-refractivity contribution < 1.29 is 27.8 Å². The Kier molecular flexibility index (Phi) is 7.70. The Morgan fingerprint density at radius 2 is 1.95 bits per heavy atom. The van der Waals surface area contributed by atoms with Gasteiger partial charge in [0, 0.05) is 56.7 Å². The fourth-order valence-corrected chi connectivity index (χ4v) is 6.62. The number of hydrogen-bond donors (Lipinski definition) is 2. The number of carbonyl (C=O) groups excluding carboxylic acids is 1. The third-order valence-corrected chi connectivity index (χ3v) is 9.24. The number of rotatable bonds is 7. The summed E-state index contributed by atoms with van der Waals surface area (Å²) in [5, 5.41) is 10.0. The monoisotopic (exact) mass is 596 g/mol. The van der Waals surface area contributed by atoms with Crippen molar-refractivity contribution in [3.63, 3.8) is 0 Å². The molecule has 4 fully saturated rings. The molecule has 13 heteroatoms. The van der Waals surface area contributed by atoms with Crippen molar-refractivity contribution in [3.8, 4) is 5.75 Å². The fraction of sp³-hybridized carbons (Fsp3) is 0.538. The van der Waals surface area contributed by atoms with E-state index in [0.717, 1.165) is 44.6 Å². The van der Waals surface area contributed by atoms with Gasteiger partial charge >= 0.3 is 0 Å². The number of carbonyl (C=O) groups is 1. The smallest absolute Gasteiger partial charge is 0.281 e. The van der Waals surface area contributed by atoms with Crippen LogP contribution in [0.3, 0.4) is 0 Å². The van der Waals surface area contributed by atoms with E-state index in [9.17, 15) is 18.3 Å². The number of amides is 1. The number of aliphatic hydroxyl groups excluding tert-OH is 1. The Morgan fingerprint density at radius 1 is 1.15 bits per heavy atom. The van der Waals surface area contributed by atoms with Gasteiger partial charge < -0.3 is 24.4 Å². The van der Waals surface area contributed by atoms with Gasteiger partial charge in [-0.15, -0.1) is 0 Å². The van der Waals surface area contributed by atoms with Crippen LogP contribution in [0.15, 0.2) is 41.4 Å². The Balaban J connectivity index is 0.00000308. The summed E-state index contributed by atoms with van der Waals surface area (Å²) in [5.41, 5.74) is -0.627. The van der Waals surface area contributed by atoms with Gasteiger partial charge in [-0.1, -0.05) is 17.7 Å². The normalized spacial score (nSPS) is 23.1. The van der Waals surface area contributed by atoms with Gasteiger partial charge in [0.05, 0.1) is 11.8 Å². The number of sulfonamides is 1. The highest BCUT2D eigenvalue weighted by Crippen LogP contribution is 2.47. The molecule has 3 saturated heterocycles. The topological polar surface area (TPSA) is 121 Å². The van der Waals surface area contributed by atoms with Gasteiger partial charge in [-0.25, -0.2) is 9.71 Å². The zero-order valence-corrected chi connectivity index (χ0v) is 24.0. The zero-order valence-electron chi connectivity index (χ0n) is 21.4. The summed E-state index contributed by atoms with van der Waals surface area (Å²) in [6, 6.07) is 9.91. The van der Waals surface area contributed by atoms with Gasteiger partial charge in [0.15, 0.2) is 10.6 Å². The molecule has 1 amide bonds. The average Bonchev–Trinajstić information content (AvgIpc) is 3.54. The summed E-state index contributed by atoms with van der Waals surface area (Å²) >= 11 is 6.27. The number of nitrogens with zero attached hydrogens (tertiary/aromatic N) is 3. The number of aromatic nitrogens is 1. The number of halogens is 1. The summed E-state index contributed by atoms with van der Waals surface area (Å²) < 4.78 is 40.6. The van der Waals surface area contributed by atoms with Crippen LogP contribution in [0.5, 0.6) is 5.75 Å². The molecule has 6 rings (SSSR count). The number of benzene rings is 1. The Morgan fingerprint density at radius 3 is 2.62 bits per heavy atom. The lowest BCUT2D eigenvalue weighted by atomic mass is 9.85. The number of nitrogens with one attached hydrogen (secondary N) is 1. The minimum atomic E-state index is -4.24. The highest BCUT2D eigenvalue weighted by Gasteiger charge is 2.55. The maximum Gasteiger partial charge on any atom is 0.281 e. The molecule has 2 aromatic rings. The number of β-amino-alcohol motifs (C(OH)–C–C–N with tert-alkyl or cyclic N) is 1. The molecule has 0 radical (unpaired) electrons. The second kappa shape index (κ2) is 10.6. The maximum absolute atomic E-state index is 13.2. The Hall–Kier alpha value is -2.25. The molecular weight excluding hydrogens is 564 g/mol. The van der Waals surface area contributed by atoms with Crippen LogP contribution in [-0.4, -0.2) is 74.5 Å². The first-order valence-electron chi connectivity index (χ1n) is 13.0. The summed E-state index contributed by atoms with van der Waals surface area (Å²) in [4.78, 5) is 21.4. The molecule has 10 nitrogen and oxygen atoms in total. The third-order valence-electron chi connectivity index (χ3n) is 7.78. The molecular formula is C26H33ClN4O6S2. The summed E-state index contributed by atoms with van der Waals surface area (Å²) in [7, 11) is -4.24. The number of aliphatic hydroxyl groups is 1. The molecule has 4 heterocycles. The van der Waals surface area contributed by atoms with E-state index in [4.69, 9.17) is 21.1 Å². The lowest BCUT2D eigenvalue weighted by Gasteiger charge is -2.53. The van der Waals surface area contributed by atoms with Crippen LogP contribution in [0, 0.1) is 0 Å². The van der Waals surface area contributed by atoms with Crippen molar-refractivity contribution in [2.45, 2.75) is 60.9 Å². The molecule has 1 aromatic carbocycles. The second-order valence-corrected chi connectivity index (χ2v) is 12.8. The highest BCUT2D eigenvalue weighted by atomic mass is 35.5. The molecule has 2 N–H and O–H groups in total. The van der Waals surface area contributed by atoms with Gasteiger partial charge in [0.2, 0.25) is 0 Å². The Labute approximate surface area is 240 Å². The predicted octanol–water partition coefficient (Wildman–Crippen LogP) is 2.59. The van der Waals surface area contributed by atoms with Gasteiger partial charge in [-0.3, -0.25) is 4.79 Å². The highest BCUT2D eigenvalue weighted by molar-refractivity contribution is 7.90. The molecule has 39 heavy (non-hydrogen) atoms. The van der Waals surface area contributed by atoms with Crippen molar-refractivity contribution in [1.29, 1.82) is 0 Å². The first-order valence-corrected chi connectivity index (χ1v) is 14.9.